The molecule has 1 fully saturated rings. The minimum absolute atomic E-state index is 0.230. The van der Waals surface area contributed by atoms with Crippen LogP contribution in [0.25, 0.3) is 33.5 Å². The van der Waals surface area contributed by atoms with Crippen molar-refractivity contribution >= 4 is 39.2 Å². The molecule has 0 aliphatic carbocycles. The van der Waals surface area contributed by atoms with Gasteiger partial charge in [-0.15, -0.1) is 0 Å². The van der Waals surface area contributed by atoms with Crippen LogP contribution in [0.3, 0.4) is 0 Å². The van der Waals surface area contributed by atoms with Crippen LogP contribution >= 0.6 is 0 Å². The molecule has 0 saturated carbocycles. The van der Waals surface area contributed by atoms with Gasteiger partial charge in [-0.05, 0) is 42.3 Å². The van der Waals surface area contributed by atoms with Crippen molar-refractivity contribution in [2.45, 2.75) is 19.1 Å². The second-order valence-electron chi connectivity index (χ2n) is 9.36. The molecule has 11 heteroatoms. The Morgan fingerprint density at radius 1 is 0.947 bits per heavy atom. The predicted octanol–water partition coefficient (Wildman–Crippen LogP) is 2.68. The van der Waals surface area contributed by atoms with Crippen LogP contribution in [0.2, 0.25) is 0 Å². The molecule has 0 radical (unpaired) electrons. The largest absolute Gasteiger partial charge is 0.392 e. The Hall–Kier alpha value is -4.74. The Morgan fingerprint density at radius 2 is 1.76 bits per heavy atom. The third-order valence-electron chi connectivity index (χ3n) is 6.78. The maximum absolute atomic E-state index is 13.6. The number of β-amino-alcohol motifs (C(OH)–C–C–N with tert-alkyl or cyclic N) is 1. The van der Waals surface area contributed by atoms with E-state index in [0.29, 0.717) is 29.7 Å². The normalized spacial score (nSPS) is 16.1. The quantitative estimate of drug-likeness (QED) is 0.364. The van der Waals surface area contributed by atoms with Gasteiger partial charge < -0.3 is 10.4 Å². The first-order valence-electron chi connectivity index (χ1n) is 12.4. The average Bonchev–Trinajstić information content (AvgIpc) is 3.51. The molecule has 6 aromatic rings. The summed E-state index contributed by atoms with van der Waals surface area (Å²) in [6.45, 7) is 2.42. The minimum atomic E-state index is -0.309. The predicted molar refractivity (Wildman–Crippen MR) is 143 cm³/mol. The lowest BCUT2D eigenvalue weighted by Crippen LogP contribution is -2.22. The monoisotopic (exact) mass is 505 g/mol. The molecule has 38 heavy (non-hydrogen) atoms. The zero-order chi connectivity index (χ0) is 25.6. The molecule has 2 aromatic carbocycles. The number of aliphatic hydroxyl groups is 1. The van der Waals surface area contributed by atoms with Gasteiger partial charge in [0.25, 0.3) is 5.56 Å². The fourth-order valence-corrected chi connectivity index (χ4v) is 4.98. The number of rotatable bonds is 5. The Labute approximate surface area is 216 Å². The Kier molecular flexibility index (Phi) is 5.31. The number of benzene rings is 2. The number of para-hydroxylation sites is 1. The first kappa shape index (κ1) is 22.5. The number of hydrogen-bond acceptors (Lipinski definition) is 9. The number of hydrogen-bond donors (Lipinski definition) is 2. The van der Waals surface area contributed by atoms with E-state index in [1.807, 2.05) is 48.5 Å². The second-order valence-corrected chi connectivity index (χ2v) is 9.36. The van der Waals surface area contributed by atoms with Crippen molar-refractivity contribution < 1.29 is 5.11 Å². The zero-order valence-corrected chi connectivity index (χ0v) is 20.3. The summed E-state index contributed by atoms with van der Waals surface area (Å²) in [5, 5.41) is 14.0. The summed E-state index contributed by atoms with van der Waals surface area (Å²) in [7, 11) is 0. The number of nitrogens with zero attached hydrogens (tertiary/aromatic N) is 8. The fraction of sp³-hybridized carbons (Fsp3) is 0.185. The molecule has 1 aliphatic heterocycles. The maximum Gasteiger partial charge on any atom is 0.284 e. The van der Waals surface area contributed by atoms with Gasteiger partial charge in [0.05, 0.1) is 11.6 Å². The number of likely N-dealkylation sites (tertiary alicyclic amines) is 1. The summed E-state index contributed by atoms with van der Waals surface area (Å²) in [6, 6.07) is 17.4. The standard InChI is InChI=1S/C27H23N9O2/c37-19-10-13-34(16-19)15-17-6-8-18(9-7-17)31-26-30-14-21-23(33-26)32-24-20-4-1-2-5-22(20)35(36(24)25(21)38)27-28-11-3-12-29-27/h1-9,11-12,14,19,37H,10,13,15-16H2,(H,30,31,33). The molecule has 4 aromatic heterocycles. The summed E-state index contributed by atoms with van der Waals surface area (Å²) in [6.07, 6.45) is 5.35. The molecular weight excluding hydrogens is 482 g/mol. The van der Waals surface area contributed by atoms with E-state index in [9.17, 15) is 9.90 Å². The highest BCUT2D eigenvalue weighted by Gasteiger charge is 2.21. The first-order chi connectivity index (χ1) is 18.6. The molecule has 1 saturated heterocycles. The van der Waals surface area contributed by atoms with E-state index < -0.39 is 0 Å². The molecule has 0 bridgehead atoms. The van der Waals surface area contributed by atoms with Crippen molar-refractivity contribution in [3.63, 3.8) is 0 Å². The van der Waals surface area contributed by atoms with Gasteiger partial charge in [0.1, 0.15) is 5.39 Å². The molecule has 7 rings (SSSR count). The van der Waals surface area contributed by atoms with E-state index in [2.05, 4.69) is 30.2 Å². The van der Waals surface area contributed by atoms with E-state index in [0.717, 1.165) is 36.1 Å². The Balaban J connectivity index is 1.26. The molecule has 1 unspecified atom stereocenters. The zero-order valence-electron chi connectivity index (χ0n) is 20.3. The van der Waals surface area contributed by atoms with Crippen LogP contribution in [0.4, 0.5) is 11.6 Å². The van der Waals surface area contributed by atoms with Crippen molar-refractivity contribution in [3.05, 3.63) is 89.1 Å². The maximum atomic E-state index is 13.6. The molecule has 188 valence electrons. The summed E-state index contributed by atoms with van der Waals surface area (Å²) in [5.74, 6) is 0.713. The van der Waals surface area contributed by atoms with Gasteiger partial charge >= 0.3 is 0 Å². The van der Waals surface area contributed by atoms with Crippen molar-refractivity contribution in [3.8, 4) is 5.95 Å². The molecule has 1 atom stereocenters. The average molecular weight is 506 g/mol. The van der Waals surface area contributed by atoms with Gasteiger partial charge in [-0.3, -0.25) is 9.69 Å². The van der Waals surface area contributed by atoms with Crippen molar-refractivity contribution in [2.75, 3.05) is 18.4 Å². The van der Waals surface area contributed by atoms with Crippen LogP contribution in [-0.4, -0.2) is 63.3 Å². The van der Waals surface area contributed by atoms with E-state index in [1.165, 1.54) is 16.3 Å². The highest BCUT2D eigenvalue weighted by molar-refractivity contribution is 5.95. The van der Waals surface area contributed by atoms with E-state index in [-0.39, 0.29) is 17.0 Å². The lowest BCUT2D eigenvalue weighted by Gasteiger charge is -2.15. The van der Waals surface area contributed by atoms with Crippen molar-refractivity contribution in [2.24, 2.45) is 0 Å². The summed E-state index contributed by atoms with van der Waals surface area (Å²) in [5.41, 5.74) is 3.20. The topological polar surface area (TPSA) is 126 Å². The molecule has 5 heterocycles. The Bertz CT molecular complexity index is 1850. The summed E-state index contributed by atoms with van der Waals surface area (Å²) in [4.78, 5) is 38.3. The smallest absolute Gasteiger partial charge is 0.284 e. The lowest BCUT2D eigenvalue weighted by atomic mass is 10.2. The Morgan fingerprint density at radius 3 is 2.55 bits per heavy atom. The number of nitrogens with one attached hydrogen (secondary N) is 1. The molecule has 0 spiro atoms. The summed E-state index contributed by atoms with van der Waals surface area (Å²) < 4.78 is 3.13. The van der Waals surface area contributed by atoms with Crippen molar-refractivity contribution in [1.82, 2.24) is 39.0 Å². The van der Waals surface area contributed by atoms with Gasteiger partial charge in [0, 0.05) is 49.3 Å². The lowest BCUT2D eigenvalue weighted by molar-refractivity contribution is 0.175. The molecule has 1 aliphatic rings. The van der Waals surface area contributed by atoms with Crippen LogP contribution in [0.5, 0.6) is 0 Å². The number of aromatic nitrogens is 7. The minimum Gasteiger partial charge on any atom is -0.392 e. The number of anilines is 2. The number of aliphatic hydroxyl groups excluding tert-OH is 1. The third-order valence-corrected chi connectivity index (χ3v) is 6.78. The van der Waals surface area contributed by atoms with Crippen LogP contribution < -0.4 is 10.9 Å². The van der Waals surface area contributed by atoms with Gasteiger partial charge in [0.15, 0.2) is 11.3 Å². The van der Waals surface area contributed by atoms with Gasteiger partial charge in [-0.2, -0.15) is 9.50 Å². The van der Waals surface area contributed by atoms with Gasteiger partial charge in [-0.25, -0.2) is 24.6 Å². The van der Waals surface area contributed by atoms with Crippen LogP contribution in [0.1, 0.15) is 12.0 Å². The first-order valence-corrected chi connectivity index (χ1v) is 12.4. The van der Waals surface area contributed by atoms with Crippen molar-refractivity contribution in [1.29, 1.82) is 0 Å². The SMILES string of the molecule is O=c1c2cnc(Nc3ccc(CN4CCC(O)C4)cc3)nc2nc2c3ccccc3n(-c3ncccn3)n12. The molecular formula is C27H23N9O2. The van der Waals surface area contributed by atoms with E-state index in [4.69, 9.17) is 4.98 Å². The van der Waals surface area contributed by atoms with Crippen LogP contribution in [-0.2, 0) is 6.54 Å². The highest BCUT2D eigenvalue weighted by atomic mass is 16.3. The second kappa shape index (κ2) is 8.98. The van der Waals surface area contributed by atoms with Crippen LogP contribution in [0, 0.1) is 0 Å². The highest BCUT2D eigenvalue weighted by Crippen LogP contribution is 2.24. The third kappa shape index (κ3) is 3.85. The van der Waals surface area contributed by atoms with Crippen LogP contribution in [0.15, 0.2) is 78.0 Å². The molecule has 0 amide bonds. The molecule has 2 N–H and O–H groups in total. The van der Waals surface area contributed by atoms with E-state index >= 15 is 0 Å². The van der Waals surface area contributed by atoms with Gasteiger partial charge in [-0.1, -0.05) is 24.3 Å². The van der Waals surface area contributed by atoms with Gasteiger partial charge in [0.2, 0.25) is 11.9 Å². The fourth-order valence-electron chi connectivity index (χ4n) is 4.98. The number of fused-ring (bicyclic) bond motifs is 4. The molecule has 11 nitrogen and oxygen atoms in total. The summed E-state index contributed by atoms with van der Waals surface area (Å²) >= 11 is 0. The van der Waals surface area contributed by atoms with E-state index in [1.54, 1.807) is 23.1 Å².